The SMILES string of the molecule is COc1ncc(-c2ccc3ncc4c(c3n2)N(c2ccc(N3CCNCC3)c(C(F)(F)F)c2)C(=O)N(C)C4)cn1. The van der Waals surface area contributed by atoms with Crippen LogP contribution in [0.2, 0.25) is 0 Å². The lowest BCUT2D eigenvalue weighted by Gasteiger charge is -2.36. The van der Waals surface area contributed by atoms with Gasteiger partial charge in [0.1, 0.15) is 5.52 Å². The lowest BCUT2D eigenvalue weighted by molar-refractivity contribution is -0.137. The molecule has 0 aliphatic carbocycles. The average molecular weight is 551 g/mol. The number of piperazine rings is 1. The third-order valence-corrected chi connectivity index (χ3v) is 7.02. The van der Waals surface area contributed by atoms with Gasteiger partial charge < -0.3 is 19.9 Å². The number of aromatic nitrogens is 4. The number of carbonyl (C=O) groups excluding carboxylic acids is 1. The molecule has 5 heterocycles. The van der Waals surface area contributed by atoms with E-state index in [2.05, 4.69) is 20.3 Å². The lowest BCUT2D eigenvalue weighted by atomic mass is 10.0. The number of fused-ring (bicyclic) bond motifs is 3. The third kappa shape index (κ3) is 4.51. The number of rotatable bonds is 4. The molecule has 4 aromatic rings. The van der Waals surface area contributed by atoms with E-state index >= 15 is 0 Å². The standard InChI is InChI=1S/C27H25F3N8O2/c1-36-15-17-14-32-21-5-4-20(16-12-33-25(40-2)34-13-16)35-23(21)24(17)38(26(36)39)18-3-6-22(19(11-18)27(28,29)30)37-9-7-31-8-10-37/h3-6,11-14,31H,7-10,15H2,1-2H3. The second-order valence-electron chi connectivity index (χ2n) is 9.57. The quantitative estimate of drug-likeness (QED) is 0.403. The molecule has 0 spiro atoms. The van der Waals surface area contributed by atoms with Gasteiger partial charge in [0.25, 0.3) is 0 Å². The number of halogens is 3. The van der Waals surface area contributed by atoms with Crippen LogP contribution in [-0.2, 0) is 12.7 Å². The summed E-state index contributed by atoms with van der Waals surface area (Å²) in [7, 11) is 3.06. The van der Waals surface area contributed by atoms with E-state index in [-0.39, 0.29) is 23.9 Å². The first-order valence-corrected chi connectivity index (χ1v) is 12.6. The summed E-state index contributed by atoms with van der Waals surface area (Å²) in [5, 5.41) is 3.16. The molecule has 0 saturated carbocycles. The molecule has 1 fully saturated rings. The summed E-state index contributed by atoms with van der Waals surface area (Å²) in [5.74, 6) is 0. The Morgan fingerprint density at radius 2 is 1.75 bits per heavy atom. The normalized spacial score (nSPS) is 15.9. The molecule has 2 aliphatic heterocycles. The van der Waals surface area contributed by atoms with Gasteiger partial charge in [0.15, 0.2) is 0 Å². The summed E-state index contributed by atoms with van der Waals surface area (Å²) in [6.45, 7) is 2.32. The Bertz CT molecular complexity index is 1590. The number of alkyl halides is 3. The topological polar surface area (TPSA) is 99.6 Å². The van der Waals surface area contributed by atoms with Crippen LogP contribution in [0.15, 0.2) is 48.9 Å². The molecule has 0 radical (unpaired) electrons. The van der Waals surface area contributed by atoms with Crippen LogP contribution >= 0.6 is 0 Å². The van der Waals surface area contributed by atoms with E-state index < -0.39 is 17.8 Å². The minimum Gasteiger partial charge on any atom is -0.467 e. The van der Waals surface area contributed by atoms with E-state index in [1.807, 2.05) is 0 Å². The third-order valence-electron chi connectivity index (χ3n) is 7.02. The number of amides is 2. The summed E-state index contributed by atoms with van der Waals surface area (Å²) in [5.41, 5.74) is 2.44. The van der Waals surface area contributed by atoms with Crippen molar-refractivity contribution in [2.75, 3.05) is 50.1 Å². The molecule has 10 nitrogen and oxygen atoms in total. The number of nitrogens with one attached hydrogen (secondary N) is 1. The minimum atomic E-state index is -4.62. The Morgan fingerprint density at radius 1 is 1.00 bits per heavy atom. The van der Waals surface area contributed by atoms with E-state index in [1.165, 1.54) is 23.0 Å². The highest BCUT2D eigenvalue weighted by atomic mass is 19.4. The van der Waals surface area contributed by atoms with Crippen molar-refractivity contribution in [3.8, 4) is 17.3 Å². The van der Waals surface area contributed by atoms with Gasteiger partial charge in [0.2, 0.25) is 0 Å². The van der Waals surface area contributed by atoms with Crippen LogP contribution in [-0.4, -0.2) is 71.2 Å². The summed E-state index contributed by atoms with van der Waals surface area (Å²) in [4.78, 5) is 35.6. The summed E-state index contributed by atoms with van der Waals surface area (Å²) < 4.78 is 48.1. The first-order valence-electron chi connectivity index (χ1n) is 12.6. The molecule has 3 aromatic heterocycles. The van der Waals surface area contributed by atoms with Crippen LogP contribution in [0.4, 0.5) is 35.0 Å². The average Bonchev–Trinajstić information content (AvgIpc) is 2.97. The highest BCUT2D eigenvalue weighted by Gasteiger charge is 2.38. The first kappa shape index (κ1) is 25.7. The van der Waals surface area contributed by atoms with Crippen LogP contribution in [0.1, 0.15) is 11.1 Å². The number of pyridine rings is 2. The van der Waals surface area contributed by atoms with Gasteiger partial charge in [-0.1, -0.05) is 0 Å². The maximum atomic E-state index is 14.4. The Kier molecular flexibility index (Phi) is 6.37. The van der Waals surface area contributed by atoms with Crippen LogP contribution < -0.4 is 19.9 Å². The van der Waals surface area contributed by atoms with E-state index in [1.54, 1.807) is 48.7 Å². The Morgan fingerprint density at radius 3 is 2.45 bits per heavy atom. The molecule has 0 bridgehead atoms. The first-order chi connectivity index (χ1) is 19.2. The fourth-order valence-corrected chi connectivity index (χ4v) is 5.07. The monoisotopic (exact) mass is 550 g/mol. The molecule has 1 aromatic carbocycles. The van der Waals surface area contributed by atoms with Crippen molar-refractivity contribution in [3.63, 3.8) is 0 Å². The van der Waals surface area contributed by atoms with E-state index in [0.717, 1.165) is 6.07 Å². The van der Waals surface area contributed by atoms with Crippen LogP contribution in [0.3, 0.4) is 0 Å². The largest absolute Gasteiger partial charge is 0.467 e. The number of urea groups is 1. The number of hydrogen-bond donors (Lipinski definition) is 1. The van der Waals surface area contributed by atoms with Crippen molar-refractivity contribution in [2.45, 2.75) is 12.7 Å². The van der Waals surface area contributed by atoms with E-state index in [0.29, 0.717) is 59.7 Å². The number of nitrogens with zero attached hydrogens (tertiary/aromatic N) is 7. The number of methoxy groups -OCH3 is 1. The number of ether oxygens (including phenoxy) is 1. The second kappa shape index (κ2) is 9.90. The highest BCUT2D eigenvalue weighted by Crippen LogP contribution is 2.43. The fraction of sp³-hybridized carbons (Fsp3) is 0.296. The Hall–Kier alpha value is -4.52. The number of anilines is 3. The number of hydrogen-bond acceptors (Lipinski definition) is 8. The molecule has 0 unspecified atom stereocenters. The maximum absolute atomic E-state index is 14.4. The summed E-state index contributed by atoms with van der Waals surface area (Å²) in [6, 6.07) is 7.28. The van der Waals surface area contributed by atoms with Crippen molar-refractivity contribution < 1.29 is 22.7 Å². The molecule has 1 saturated heterocycles. The Labute approximate surface area is 227 Å². The minimum absolute atomic E-state index is 0.0929. The molecule has 2 aliphatic rings. The van der Waals surface area contributed by atoms with Crippen molar-refractivity contribution >= 4 is 34.1 Å². The van der Waals surface area contributed by atoms with E-state index in [9.17, 15) is 18.0 Å². The summed E-state index contributed by atoms with van der Waals surface area (Å²) >= 11 is 0. The van der Waals surface area contributed by atoms with Crippen molar-refractivity contribution in [3.05, 3.63) is 60.0 Å². The smallest absolute Gasteiger partial charge is 0.418 e. The zero-order valence-electron chi connectivity index (χ0n) is 21.7. The van der Waals surface area contributed by atoms with Gasteiger partial charge in [-0.05, 0) is 30.3 Å². The van der Waals surface area contributed by atoms with E-state index in [4.69, 9.17) is 9.72 Å². The summed E-state index contributed by atoms with van der Waals surface area (Å²) in [6.07, 6.45) is 0.128. The second-order valence-corrected chi connectivity index (χ2v) is 9.57. The molecule has 0 atom stereocenters. The molecule has 206 valence electrons. The highest BCUT2D eigenvalue weighted by molar-refractivity contribution is 6.08. The Balaban J connectivity index is 1.52. The number of benzene rings is 1. The zero-order valence-corrected chi connectivity index (χ0v) is 21.7. The molecule has 13 heteroatoms. The maximum Gasteiger partial charge on any atom is 0.418 e. The van der Waals surface area contributed by atoms with Gasteiger partial charge in [-0.15, -0.1) is 0 Å². The van der Waals surface area contributed by atoms with Gasteiger partial charge in [-0.2, -0.15) is 13.2 Å². The molecule has 6 rings (SSSR count). The van der Waals surface area contributed by atoms with Gasteiger partial charge in [-0.3, -0.25) is 9.88 Å². The van der Waals surface area contributed by atoms with Crippen LogP contribution in [0.25, 0.3) is 22.3 Å². The van der Waals surface area contributed by atoms with Gasteiger partial charge in [0, 0.05) is 68.6 Å². The molecule has 2 amide bonds. The van der Waals surface area contributed by atoms with Crippen molar-refractivity contribution in [2.24, 2.45) is 0 Å². The van der Waals surface area contributed by atoms with Crippen molar-refractivity contribution in [1.29, 1.82) is 0 Å². The molecule has 1 N–H and O–H groups in total. The number of carbonyl (C=O) groups is 1. The predicted molar refractivity (Wildman–Crippen MR) is 143 cm³/mol. The van der Waals surface area contributed by atoms with Gasteiger partial charge in [0.05, 0.1) is 41.8 Å². The fourth-order valence-electron chi connectivity index (χ4n) is 5.07. The van der Waals surface area contributed by atoms with Crippen LogP contribution in [0, 0.1) is 0 Å². The lowest BCUT2D eigenvalue weighted by Crippen LogP contribution is -2.44. The predicted octanol–water partition coefficient (Wildman–Crippen LogP) is 4.23. The molecule has 40 heavy (non-hydrogen) atoms. The van der Waals surface area contributed by atoms with Crippen LogP contribution in [0.5, 0.6) is 6.01 Å². The van der Waals surface area contributed by atoms with Gasteiger partial charge in [-0.25, -0.2) is 19.7 Å². The van der Waals surface area contributed by atoms with Gasteiger partial charge >= 0.3 is 18.2 Å². The molecular weight excluding hydrogens is 525 g/mol. The van der Waals surface area contributed by atoms with Crippen molar-refractivity contribution in [1.82, 2.24) is 30.2 Å². The molecular formula is C27H25F3N8O2. The zero-order chi connectivity index (χ0) is 28.0.